The van der Waals surface area contributed by atoms with Gasteiger partial charge in [-0.1, -0.05) is 23.7 Å². The van der Waals surface area contributed by atoms with Gasteiger partial charge in [-0.15, -0.1) is 0 Å². The molecule has 1 atom stereocenters. The summed E-state index contributed by atoms with van der Waals surface area (Å²) in [6.07, 6.45) is -0.390. The van der Waals surface area contributed by atoms with E-state index >= 15 is 0 Å². The van der Waals surface area contributed by atoms with Crippen molar-refractivity contribution in [3.8, 4) is 5.75 Å². The van der Waals surface area contributed by atoms with Gasteiger partial charge in [0.1, 0.15) is 19.0 Å². The summed E-state index contributed by atoms with van der Waals surface area (Å²) in [6.45, 7) is 0.446. The predicted octanol–water partition coefficient (Wildman–Crippen LogP) is 3.41. The van der Waals surface area contributed by atoms with Crippen molar-refractivity contribution in [1.29, 1.82) is 0 Å². The topological polar surface area (TPSA) is 59.0 Å². The first kappa shape index (κ1) is 15.6. The van der Waals surface area contributed by atoms with Crippen molar-refractivity contribution in [3.63, 3.8) is 0 Å². The van der Waals surface area contributed by atoms with Crippen LogP contribution in [0.2, 0.25) is 5.02 Å². The van der Waals surface area contributed by atoms with E-state index in [1.54, 1.807) is 29.2 Å². The highest BCUT2D eigenvalue weighted by Crippen LogP contribution is 2.34. The minimum atomic E-state index is -0.390. The minimum Gasteiger partial charge on any atom is -0.491 e. The first-order valence-corrected chi connectivity index (χ1v) is 7.62. The highest BCUT2D eigenvalue weighted by atomic mass is 35.5. The Morgan fingerprint density at radius 1 is 1.26 bits per heavy atom. The Balaban J connectivity index is 1.88. The second kappa shape index (κ2) is 6.89. The number of carbonyl (C=O) groups excluding carboxylic acids is 1. The van der Waals surface area contributed by atoms with Gasteiger partial charge >= 0.3 is 6.09 Å². The lowest BCUT2D eigenvalue weighted by molar-refractivity contribution is 0.179. The molecular formula is C17H16ClNO4. The second-order valence-electron chi connectivity index (χ2n) is 5.08. The number of hydrogen-bond acceptors (Lipinski definition) is 4. The van der Waals surface area contributed by atoms with Crippen LogP contribution in [0.5, 0.6) is 5.75 Å². The number of anilines is 1. The van der Waals surface area contributed by atoms with Crippen LogP contribution in [-0.2, 0) is 4.74 Å². The molecule has 0 spiro atoms. The summed E-state index contributed by atoms with van der Waals surface area (Å²) in [5.41, 5.74) is 1.63. The predicted molar refractivity (Wildman–Crippen MR) is 87.0 cm³/mol. The Bertz CT molecular complexity index is 689. The standard InChI is InChI=1S/C17H16ClNO4/c18-13-4-6-14(7-5-13)19-16(11-23-17(19)21)12-2-1-3-15(10-12)22-9-8-20/h1-7,10,16,20H,8-9,11H2. The van der Waals surface area contributed by atoms with Crippen molar-refractivity contribution >= 4 is 23.4 Å². The Morgan fingerprint density at radius 2 is 2.04 bits per heavy atom. The number of ether oxygens (including phenoxy) is 2. The van der Waals surface area contributed by atoms with Crippen LogP contribution in [0.1, 0.15) is 11.6 Å². The number of rotatable bonds is 5. The van der Waals surface area contributed by atoms with Crippen LogP contribution in [-0.4, -0.2) is 31.0 Å². The minimum absolute atomic E-state index is 0.0495. The molecule has 1 N–H and O–H groups in total. The quantitative estimate of drug-likeness (QED) is 0.911. The molecule has 2 aromatic carbocycles. The van der Waals surface area contributed by atoms with Crippen molar-refractivity contribution in [2.75, 3.05) is 24.7 Å². The lowest BCUT2D eigenvalue weighted by Gasteiger charge is -2.22. The van der Waals surface area contributed by atoms with E-state index in [1.165, 1.54) is 0 Å². The number of aliphatic hydroxyl groups is 1. The number of halogens is 1. The maximum Gasteiger partial charge on any atom is 0.415 e. The number of cyclic esters (lactones) is 1. The molecule has 1 amide bonds. The number of nitrogens with zero attached hydrogens (tertiary/aromatic N) is 1. The number of amides is 1. The van der Waals surface area contributed by atoms with Gasteiger partial charge in [0.05, 0.1) is 12.6 Å². The summed E-state index contributed by atoms with van der Waals surface area (Å²) >= 11 is 5.91. The van der Waals surface area contributed by atoms with Crippen molar-refractivity contribution in [1.82, 2.24) is 0 Å². The number of hydrogen-bond donors (Lipinski definition) is 1. The van der Waals surface area contributed by atoms with Gasteiger partial charge < -0.3 is 14.6 Å². The van der Waals surface area contributed by atoms with Crippen LogP contribution in [0.25, 0.3) is 0 Å². The Morgan fingerprint density at radius 3 is 2.78 bits per heavy atom. The molecule has 0 saturated carbocycles. The number of benzene rings is 2. The first-order valence-electron chi connectivity index (χ1n) is 7.24. The highest BCUT2D eigenvalue weighted by molar-refractivity contribution is 6.30. The fraction of sp³-hybridized carbons (Fsp3) is 0.235. The largest absolute Gasteiger partial charge is 0.491 e. The molecule has 1 heterocycles. The van der Waals surface area contributed by atoms with Gasteiger partial charge in [-0.2, -0.15) is 0 Å². The molecule has 1 aliphatic heterocycles. The van der Waals surface area contributed by atoms with Crippen LogP contribution in [0, 0.1) is 0 Å². The zero-order chi connectivity index (χ0) is 16.2. The maximum absolute atomic E-state index is 12.1. The van der Waals surface area contributed by atoms with E-state index in [2.05, 4.69) is 0 Å². The van der Waals surface area contributed by atoms with Gasteiger partial charge in [0.15, 0.2) is 0 Å². The van der Waals surface area contributed by atoms with E-state index in [4.69, 9.17) is 26.2 Å². The molecule has 0 bridgehead atoms. The third-order valence-corrected chi connectivity index (χ3v) is 3.83. The maximum atomic E-state index is 12.1. The van der Waals surface area contributed by atoms with Crippen LogP contribution in [0.3, 0.4) is 0 Å². The molecule has 0 aromatic heterocycles. The van der Waals surface area contributed by atoms with E-state index in [0.29, 0.717) is 10.8 Å². The third kappa shape index (κ3) is 3.41. The van der Waals surface area contributed by atoms with Crippen LogP contribution < -0.4 is 9.64 Å². The molecule has 5 nitrogen and oxygen atoms in total. The van der Waals surface area contributed by atoms with Gasteiger partial charge in [-0.05, 0) is 42.0 Å². The summed E-state index contributed by atoms with van der Waals surface area (Å²) in [7, 11) is 0. The van der Waals surface area contributed by atoms with Crippen LogP contribution >= 0.6 is 11.6 Å². The molecule has 0 radical (unpaired) electrons. The number of carbonyl (C=O) groups is 1. The van der Waals surface area contributed by atoms with E-state index in [-0.39, 0.29) is 32.0 Å². The molecule has 23 heavy (non-hydrogen) atoms. The SMILES string of the molecule is O=C1OCC(c2cccc(OCCO)c2)N1c1ccc(Cl)cc1. The zero-order valence-electron chi connectivity index (χ0n) is 12.3. The van der Waals surface area contributed by atoms with Crippen molar-refractivity contribution in [2.45, 2.75) is 6.04 Å². The fourth-order valence-electron chi connectivity index (χ4n) is 2.53. The average molecular weight is 334 g/mol. The molecule has 1 aliphatic rings. The molecule has 2 aromatic rings. The lowest BCUT2D eigenvalue weighted by atomic mass is 10.1. The van der Waals surface area contributed by atoms with Gasteiger partial charge in [-0.3, -0.25) is 4.90 Å². The summed E-state index contributed by atoms with van der Waals surface area (Å²) in [4.78, 5) is 13.7. The van der Waals surface area contributed by atoms with Crippen LogP contribution in [0.4, 0.5) is 10.5 Å². The third-order valence-electron chi connectivity index (χ3n) is 3.58. The summed E-state index contributed by atoms with van der Waals surface area (Å²) in [5.74, 6) is 0.645. The molecule has 3 rings (SSSR count). The zero-order valence-corrected chi connectivity index (χ0v) is 13.1. The van der Waals surface area contributed by atoms with Gasteiger partial charge in [0, 0.05) is 10.7 Å². The summed E-state index contributed by atoms with van der Waals surface area (Å²) in [5, 5.41) is 9.46. The molecule has 1 unspecified atom stereocenters. The van der Waals surface area contributed by atoms with Gasteiger partial charge in [0.2, 0.25) is 0 Å². The summed E-state index contributed by atoms with van der Waals surface area (Å²) < 4.78 is 10.6. The van der Waals surface area contributed by atoms with Crippen molar-refractivity contribution < 1.29 is 19.4 Å². The molecule has 6 heteroatoms. The van der Waals surface area contributed by atoms with E-state index in [9.17, 15) is 4.79 Å². The summed E-state index contributed by atoms with van der Waals surface area (Å²) in [6, 6.07) is 14.2. The molecule has 120 valence electrons. The Labute approximate surface area is 139 Å². The number of aliphatic hydroxyl groups excluding tert-OH is 1. The Hall–Kier alpha value is -2.24. The molecule has 0 aliphatic carbocycles. The lowest BCUT2D eigenvalue weighted by Crippen LogP contribution is -2.27. The molecular weight excluding hydrogens is 318 g/mol. The monoisotopic (exact) mass is 333 g/mol. The van der Waals surface area contributed by atoms with Crippen molar-refractivity contribution in [2.24, 2.45) is 0 Å². The van der Waals surface area contributed by atoms with E-state index < -0.39 is 0 Å². The fourth-order valence-corrected chi connectivity index (χ4v) is 2.65. The Kier molecular flexibility index (Phi) is 4.69. The van der Waals surface area contributed by atoms with E-state index in [0.717, 1.165) is 11.3 Å². The van der Waals surface area contributed by atoms with Crippen LogP contribution in [0.15, 0.2) is 48.5 Å². The van der Waals surface area contributed by atoms with Crippen molar-refractivity contribution in [3.05, 3.63) is 59.1 Å². The normalized spacial score (nSPS) is 17.2. The smallest absolute Gasteiger partial charge is 0.415 e. The highest BCUT2D eigenvalue weighted by Gasteiger charge is 2.35. The van der Waals surface area contributed by atoms with Gasteiger partial charge in [-0.25, -0.2) is 4.79 Å². The molecule has 1 saturated heterocycles. The van der Waals surface area contributed by atoms with E-state index in [1.807, 2.05) is 24.3 Å². The molecule has 1 fully saturated rings. The van der Waals surface area contributed by atoms with Gasteiger partial charge in [0.25, 0.3) is 0 Å². The average Bonchev–Trinajstić information content (AvgIpc) is 2.96. The second-order valence-corrected chi connectivity index (χ2v) is 5.52. The first-order chi connectivity index (χ1) is 11.2.